The van der Waals surface area contributed by atoms with Crippen molar-refractivity contribution in [3.63, 3.8) is 0 Å². The lowest BCUT2D eigenvalue weighted by molar-refractivity contribution is -0.186. The number of carbonyl (C=O) groups is 1. The van der Waals surface area contributed by atoms with Gasteiger partial charge in [-0.3, -0.25) is 9.32 Å². The van der Waals surface area contributed by atoms with Gasteiger partial charge in [0.15, 0.2) is 17.2 Å². The van der Waals surface area contributed by atoms with Crippen molar-refractivity contribution in [2.75, 3.05) is 5.73 Å². The molecule has 4 heterocycles. The number of nitrogens with zero attached hydrogens (tertiary/aromatic N) is 3. The van der Waals surface area contributed by atoms with E-state index in [1.54, 1.807) is 35.7 Å². The highest BCUT2D eigenvalue weighted by Gasteiger charge is 2.92. The molecule has 2 aromatic heterocycles. The third-order valence-electron chi connectivity index (χ3n) is 9.03. The second-order valence-electron chi connectivity index (χ2n) is 12.6. The Labute approximate surface area is 255 Å². The molecule has 4 aliphatic rings. The molecule has 0 radical (unpaired) electrons. The summed E-state index contributed by atoms with van der Waals surface area (Å²) in [5.74, 6) is -0.875. The summed E-state index contributed by atoms with van der Waals surface area (Å²) in [7, 11) is -4.23. The number of carbonyl (C=O) groups excluding carboxylic acids is 1. The fourth-order valence-electron chi connectivity index (χ4n) is 6.94. The predicted molar refractivity (Wildman–Crippen MR) is 158 cm³/mol. The van der Waals surface area contributed by atoms with Crippen LogP contribution in [-0.2, 0) is 32.8 Å². The molecule has 1 aromatic carbocycles. The third kappa shape index (κ3) is 4.81. The van der Waals surface area contributed by atoms with Crippen LogP contribution in [0, 0.1) is 0 Å². The number of esters is 1. The number of aromatic nitrogens is 3. The number of fused-ring (bicyclic) bond motifs is 1. The molecule has 2 aliphatic heterocycles. The molecule has 4 fully saturated rings. The second-order valence-corrected chi connectivity index (χ2v) is 14.3. The van der Waals surface area contributed by atoms with E-state index in [-0.39, 0.29) is 6.10 Å². The van der Waals surface area contributed by atoms with Gasteiger partial charge in [0.25, 0.3) is 0 Å². The fraction of sp³-hybridized carbons (Fsp3) is 0.567. The minimum absolute atomic E-state index is 0.153. The molecule has 3 N–H and O–H groups in total. The molecule has 236 valence electrons. The van der Waals surface area contributed by atoms with Crippen molar-refractivity contribution in [2.24, 2.45) is 0 Å². The SMILES string of the molecule is C[C@H](N[P@@](=O)(Oc1ccccc1)O[C@@H]1[C@]23OC(C)(C)O[C@H]2[C@H](c2ccc4c(N)ncnn24)O[C@]13C)C(=O)OC1CCCCC1. The summed E-state index contributed by atoms with van der Waals surface area (Å²) >= 11 is 0. The molecular formula is C30H38N5O8P. The van der Waals surface area contributed by atoms with Crippen LogP contribution >= 0.6 is 7.75 Å². The van der Waals surface area contributed by atoms with Crippen molar-refractivity contribution >= 4 is 25.1 Å². The normalized spacial score (nSPS) is 32.9. The van der Waals surface area contributed by atoms with Crippen molar-refractivity contribution in [1.29, 1.82) is 0 Å². The van der Waals surface area contributed by atoms with Gasteiger partial charge in [0.05, 0.1) is 5.69 Å². The van der Waals surface area contributed by atoms with Gasteiger partial charge in [-0.25, -0.2) is 14.1 Å². The van der Waals surface area contributed by atoms with Crippen LogP contribution in [0.2, 0.25) is 0 Å². The Morgan fingerprint density at radius 2 is 1.86 bits per heavy atom. The van der Waals surface area contributed by atoms with Crippen LogP contribution in [0.25, 0.3) is 5.52 Å². The molecule has 13 nitrogen and oxygen atoms in total. The molecule has 0 bridgehead atoms. The zero-order valence-corrected chi connectivity index (χ0v) is 26.1. The molecule has 0 amide bonds. The van der Waals surface area contributed by atoms with Crippen LogP contribution < -0.4 is 15.3 Å². The van der Waals surface area contributed by atoms with Crippen LogP contribution in [0.4, 0.5) is 5.82 Å². The number of anilines is 1. The molecule has 0 unspecified atom stereocenters. The summed E-state index contributed by atoms with van der Waals surface area (Å²) in [6.45, 7) is 7.04. The Morgan fingerprint density at radius 1 is 1.11 bits per heavy atom. The van der Waals surface area contributed by atoms with Gasteiger partial charge < -0.3 is 29.2 Å². The number of hydrogen-bond donors (Lipinski definition) is 2. The molecule has 2 saturated heterocycles. The van der Waals surface area contributed by atoms with Crippen molar-refractivity contribution in [1.82, 2.24) is 19.7 Å². The van der Waals surface area contributed by atoms with E-state index in [2.05, 4.69) is 15.2 Å². The summed E-state index contributed by atoms with van der Waals surface area (Å²) in [5.41, 5.74) is 5.20. The monoisotopic (exact) mass is 627 g/mol. The smallest absolute Gasteiger partial charge is 0.459 e. The predicted octanol–water partition coefficient (Wildman–Crippen LogP) is 4.47. The Balaban J connectivity index is 1.17. The minimum Gasteiger partial charge on any atom is -0.461 e. The van der Waals surface area contributed by atoms with Gasteiger partial charge in [0, 0.05) is 0 Å². The summed E-state index contributed by atoms with van der Waals surface area (Å²) in [6, 6.07) is 11.4. The molecule has 14 heteroatoms. The van der Waals surface area contributed by atoms with E-state index in [0.29, 0.717) is 22.8 Å². The Hall–Kier alpha value is -3.06. The lowest BCUT2D eigenvalue weighted by Gasteiger charge is -2.28. The van der Waals surface area contributed by atoms with E-state index >= 15 is 0 Å². The largest absolute Gasteiger partial charge is 0.461 e. The van der Waals surface area contributed by atoms with Crippen molar-refractivity contribution < 1.29 is 37.4 Å². The van der Waals surface area contributed by atoms with E-state index in [1.165, 1.54) is 6.33 Å². The van der Waals surface area contributed by atoms with Crippen LogP contribution in [0.15, 0.2) is 48.8 Å². The number of benzene rings is 1. The van der Waals surface area contributed by atoms with Gasteiger partial charge >= 0.3 is 13.7 Å². The van der Waals surface area contributed by atoms with Crippen molar-refractivity contribution in [2.45, 2.75) is 107 Å². The first-order chi connectivity index (χ1) is 20.9. The average Bonchev–Trinajstić information content (AvgIpc) is 3.37. The number of nitrogens with one attached hydrogen (secondary N) is 1. The molecule has 7 rings (SSSR count). The van der Waals surface area contributed by atoms with E-state index in [9.17, 15) is 9.36 Å². The number of para-hydroxylation sites is 1. The summed E-state index contributed by atoms with van der Waals surface area (Å²) in [6.07, 6.45) is 3.90. The Morgan fingerprint density at radius 3 is 2.61 bits per heavy atom. The molecule has 3 aromatic rings. The lowest BCUT2D eigenvalue weighted by Crippen LogP contribution is -2.39. The van der Waals surface area contributed by atoms with E-state index in [1.807, 2.05) is 39.0 Å². The van der Waals surface area contributed by atoms with E-state index in [4.69, 9.17) is 33.7 Å². The van der Waals surface area contributed by atoms with E-state index < -0.39 is 55.1 Å². The Kier molecular flexibility index (Phi) is 7.07. The first-order valence-electron chi connectivity index (χ1n) is 15.1. The van der Waals surface area contributed by atoms with Gasteiger partial charge in [-0.05, 0) is 77.6 Å². The zero-order valence-electron chi connectivity index (χ0n) is 25.2. The van der Waals surface area contributed by atoms with Gasteiger partial charge in [0.2, 0.25) is 0 Å². The average molecular weight is 628 g/mol. The maximum Gasteiger partial charge on any atom is 0.459 e. The molecule has 2 saturated carbocycles. The Bertz CT molecular complexity index is 1610. The van der Waals surface area contributed by atoms with Crippen molar-refractivity contribution in [3.8, 4) is 5.75 Å². The zero-order chi connectivity index (χ0) is 30.9. The highest BCUT2D eigenvalue weighted by molar-refractivity contribution is 7.52. The third-order valence-corrected chi connectivity index (χ3v) is 10.7. The molecule has 44 heavy (non-hydrogen) atoms. The number of hydrogen-bond acceptors (Lipinski definition) is 11. The van der Waals surface area contributed by atoms with Crippen LogP contribution in [-0.4, -0.2) is 61.9 Å². The highest BCUT2D eigenvalue weighted by atomic mass is 31.2. The molecular weight excluding hydrogens is 589 g/mol. The molecule has 1 spiro atoms. The number of nitrogens with two attached hydrogens (primary N) is 1. The highest BCUT2D eigenvalue weighted by Crippen LogP contribution is 2.74. The summed E-state index contributed by atoms with van der Waals surface area (Å²) in [5, 5.41) is 7.20. The summed E-state index contributed by atoms with van der Waals surface area (Å²) < 4.78 is 53.8. The lowest BCUT2D eigenvalue weighted by atomic mass is 9.98. The standard InChI is InChI=1S/C30H38N5O8P/c1-18(26(36)38-19-11-7-5-8-12-19)34-44(37,41-20-13-9-6-10-14-20)42-27-29(4)30(27)24(40-28(2,3)43-30)23(39-29)21-15-16-22-25(31)32-17-33-35(21)22/h6,9-10,13-19,23-24,27H,5,7-8,11-12H2,1-4H3,(H,34,37)(H2,31,32,33)/t18-,23-,24-,27-,29+,30+,44+/m0/s1. The van der Waals surface area contributed by atoms with Crippen LogP contribution in [0.5, 0.6) is 5.75 Å². The van der Waals surface area contributed by atoms with E-state index in [0.717, 1.165) is 32.1 Å². The van der Waals surface area contributed by atoms with Crippen LogP contribution in [0.3, 0.4) is 0 Å². The van der Waals surface area contributed by atoms with Gasteiger partial charge in [0.1, 0.15) is 53.7 Å². The van der Waals surface area contributed by atoms with Crippen LogP contribution in [0.1, 0.15) is 71.6 Å². The maximum atomic E-state index is 14.5. The maximum absolute atomic E-state index is 14.5. The number of nitrogen functional groups attached to an aromatic ring is 1. The topological polar surface area (TPSA) is 158 Å². The second kappa shape index (κ2) is 10.5. The quantitative estimate of drug-likeness (QED) is 0.254. The van der Waals surface area contributed by atoms with Gasteiger partial charge in [-0.1, -0.05) is 24.6 Å². The fourth-order valence-corrected chi connectivity index (χ4v) is 8.71. The van der Waals surface area contributed by atoms with Gasteiger partial charge in [-0.2, -0.15) is 10.2 Å². The number of ether oxygens (including phenoxy) is 4. The first kappa shape index (κ1) is 29.6. The summed E-state index contributed by atoms with van der Waals surface area (Å²) in [4.78, 5) is 17.1. The van der Waals surface area contributed by atoms with Crippen molar-refractivity contribution in [3.05, 3.63) is 54.5 Å². The molecule has 2 aliphatic carbocycles. The first-order valence-corrected chi connectivity index (χ1v) is 16.6. The minimum atomic E-state index is -4.23. The number of rotatable bonds is 9. The molecule has 7 atom stereocenters. The van der Waals surface area contributed by atoms with Gasteiger partial charge in [-0.15, -0.1) is 0 Å².